The van der Waals surface area contributed by atoms with Crippen molar-refractivity contribution in [2.24, 2.45) is 0 Å². The number of H-pyrrole nitrogens is 1. The van der Waals surface area contributed by atoms with Crippen molar-refractivity contribution in [1.29, 1.82) is 0 Å². The predicted molar refractivity (Wildman–Crippen MR) is 105 cm³/mol. The number of amides is 1. The summed E-state index contributed by atoms with van der Waals surface area (Å²) in [6.07, 6.45) is 1.24. The number of carbonyl (C=O) groups excluding carboxylic acids is 1. The summed E-state index contributed by atoms with van der Waals surface area (Å²) >= 11 is 0. The number of nitrogens with one attached hydrogen (secondary N) is 1. The fourth-order valence-corrected chi connectivity index (χ4v) is 3.61. The number of nitrogens with zero attached hydrogens (tertiary/aromatic N) is 5. The predicted octanol–water partition coefficient (Wildman–Crippen LogP) is 1.67. The van der Waals surface area contributed by atoms with Crippen LogP contribution in [0.5, 0.6) is 0 Å². The van der Waals surface area contributed by atoms with E-state index >= 15 is 0 Å². The average Bonchev–Trinajstić information content (AvgIpc) is 3.25. The first-order chi connectivity index (χ1) is 14.0. The van der Waals surface area contributed by atoms with E-state index in [-0.39, 0.29) is 18.4 Å². The van der Waals surface area contributed by atoms with Crippen LogP contribution in [0.1, 0.15) is 40.2 Å². The zero-order chi connectivity index (χ0) is 21.0. The van der Waals surface area contributed by atoms with Gasteiger partial charge in [0.2, 0.25) is 5.91 Å². The Hall–Kier alpha value is -3.49. The number of aryl methyl sites for hydroxylation is 2. The Morgan fingerprint density at radius 1 is 1.24 bits per heavy atom. The van der Waals surface area contributed by atoms with Gasteiger partial charge in [-0.1, -0.05) is 30.3 Å². The van der Waals surface area contributed by atoms with E-state index < -0.39 is 0 Å². The zero-order valence-electron chi connectivity index (χ0n) is 16.7. The van der Waals surface area contributed by atoms with Gasteiger partial charge in [-0.15, -0.1) is 10.2 Å². The zero-order valence-corrected chi connectivity index (χ0v) is 16.7. The van der Waals surface area contributed by atoms with Gasteiger partial charge in [-0.3, -0.25) is 14.7 Å². The summed E-state index contributed by atoms with van der Waals surface area (Å²) in [5.41, 5.74) is 4.23. The maximum absolute atomic E-state index is 12.9. The van der Waals surface area contributed by atoms with Crippen LogP contribution in [-0.4, -0.2) is 54.4 Å². The molecule has 9 heteroatoms. The molecule has 2 aromatic heterocycles. The number of aromatic nitrogens is 5. The van der Waals surface area contributed by atoms with Gasteiger partial charge in [0.25, 0.3) is 6.47 Å². The standard InChI is InChI=1S/C19H22N6O.CH2O2/c1-12-15(13(2)21-20-12)10-17-22-23-18-11-24(3)19(26)16(25(17)18)9-14-7-5-4-6-8-14;2-1-3/h4-8,16H,9-11H2,1-3H3,(H,20,21);1H,(H,2,3)/t16-;/m1./s1. The molecule has 1 aromatic carbocycles. The lowest BCUT2D eigenvalue weighted by Gasteiger charge is -2.31. The molecular formula is C20H24N6O3. The first kappa shape index (κ1) is 20.2. The largest absolute Gasteiger partial charge is 0.483 e. The molecular weight excluding hydrogens is 372 g/mol. The number of rotatable bonds is 4. The number of hydrogen-bond acceptors (Lipinski definition) is 5. The molecule has 29 heavy (non-hydrogen) atoms. The first-order valence-corrected chi connectivity index (χ1v) is 9.26. The number of fused-ring (bicyclic) bond motifs is 1. The van der Waals surface area contributed by atoms with Crippen molar-refractivity contribution in [2.75, 3.05) is 7.05 Å². The highest BCUT2D eigenvalue weighted by molar-refractivity contribution is 5.81. The van der Waals surface area contributed by atoms with E-state index in [1.165, 1.54) is 0 Å². The molecule has 0 radical (unpaired) electrons. The second kappa shape index (κ2) is 8.68. The SMILES string of the molecule is Cc1n[nH]c(C)c1Cc1nnc2n1[C@H](Cc1ccccc1)C(=O)N(C)C2.O=CO. The molecule has 2 N–H and O–H groups in total. The minimum atomic E-state index is -0.316. The Labute approximate surface area is 168 Å². The first-order valence-electron chi connectivity index (χ1n) is 9.26. The number of likely N-dealkylation sites (N-methyl/N-ethyl adjacent to an activating group) is 1. The third-order valence-corrected chi connectivity index (χ3v) is 5.08. The second-order valence-electron chi connectivity index (χ2n) is 7.00. The monoisotopic (exact) mass is 396 g/mol. The summed E-state index contributed by atoms with van der Waals surface area (Å²) in [5.74, 6) is 1.75. The van der Waals surface area contributed by atoms with E-state index in [2.05, 4.69) is 32.5 Å². The van der Waals surface area contributed by atoms with Crippen LogP contribution >= 0.6 is 0 Å². The minimum absolute atomic E-state index is 0.100. The lowest BCUT2D eigenvalue weighted by Crippen LogP contribution is -2.42. The van der Waals surface area contributed by atoms with Gasteiger partial charge in [0.15, 0.2) is 5.82 Å². The number of benzene rings is 1. The summed E-state index contributed by atoms with van der Waals surface area (Å²) in [7, 11) is 1.82. The molecule has 0 unspecified atom stereocenters. The van der Waals surface area contributed by atoms with Crippen molar-refractivity contribution in [3.05, 3.63) is 64.5 Å². The summed E-state index contributed by atoms with van der Waals surface area (Å²) in [5, 5.41) is 22.9. The Kier molecular flexibility index (Phi) is 6.06. The molecule has 1 atom stereocenters. The number of carboxylic acid groups (broad SMARTS) is 1. The quantitative estimate of drug-likeness (QED) is 0.648. The molecule has 0 saturated heterocycles. The maximum atomic E-state index is 12.9. The molecule has 0 fully saturated rings. The normalized spacial score (nSPS) is 15.5. The van der Waals surface area contributed by atoms with Crippen LogP contribution in [0.2, 0.25) is 0 Å². The summed E-state index contributed by atoms with van der Waals surface area (Å²) in [6, 6.07) is 9.77. The van der Waals surface area contributed by atoms with E-state index in [9.17, 15) is 4.79 Å². The lowest BCUT2D eigenvalue weighted by molar-refractivity contribution is -0.136. The molecule has 152 valence electrons. The molecule has 1 amide bonds. The van der Waals surface area contributed by atoms with Crippen LogP contribution in [0.4, 0.5) is 0 Å². The Bertz CT molecular complexity index is 976. The molecule has 3 aromatic rings. The Morgan fingerprint density at radius 2 is 1.93 bits per heavy atom. The van der Waals surface area contributed by atoms with E-state index in [1.807, 2.05) is 43.7 Å². The lowest BCUT2D eigenvalue weighted by atomic mass is 10.0. The molecule has 4 rings (SSSR count). The molecule has 0 aliphatic carbocycles. The number of carbonyl (C=O) groups is 2. The number of aromatic amines is 1. The molecule has 0 bridgehead atoms. The second-order valence-corrected chi connectivity index (χ2v) is 7.00. The maximum Gasteiger partial charge on any atom is 0.290 e. The highest BCUT2D eigenvalue weighted by Crippen LogP contribution is 2.27. The Balaban J connectivity index is 0.000000755. The van der Waals surface area contributed by atoms with Gasteiger partial charge in [0.05, 0.1) is 12.2 Å². The van der Waals surface area contributed by atoms with Gasteiger partial charge in [0.1, 0.15) is 11.9 Å². The van der Waals surface area contributed by atoms with Gasteiger partial charge in [-0.2, -0.15) is 5.10 Å². The van der Waals surface area contributed by atoms with Gasteiger partial charge >= 0.3 is 0 Å². The van der Waals surface area contributed by atoms with Crippen molar-refractivity contribution in [1.82, 2.24) is 29.9 Å². The topological polar surface area (TPSA) is 117 Å². The van der Waals surface area contributed by atoms with Crippen molar-refractivity contribution < 1.29 is 14.7 Å². The molecule has 0 saturated carbocycles. The van der Waals surface area contributed by atoms with Gasteiger partial charge in [-0.25, -0.2) is 0 Å². The molecule has 3 heterocycles. The number of hydrogen-bond donors (Lipinski definition) is 2. The van der Waals surface area contributed by atoms with Crippen LogP contribution in [0, 0.1) is 13.8 Å². The minimum Gasteiger partial charge on any atom is -0.483 e. The van der Waals surface area contributed by atoms with Crippen LogP contribution in [-0.2, 0) is 29.0 Å². The Morgan fingerprint density at radius 3 is 2.55 bits per heavy atom. The molecule has 0 spiro atoms. The van der Waals surface area contributed by atoms with Crippen molar-refractivity contribution in [3.8, 4) is 0 Å². The summed E-state index contributed by atoms with van der Waals surface area (Å²) in [4.78, 5) is 23.0. The van der Waals surface area contributed by atoms with Crippen LogP contribution < -0.4 is 0 Å². The summed E-state index contributed by atoms with van der Waals surface area (Å²) in [6.45, 7) is 4.22. The van der Waals surface area contributed by atoms with Crippen molar-refractivity contribution in [2.45, 2.75) is 39.3 Å². The van der Waals surface area contributed by atoms with Gasteiger partial charge in [0, 0.05) is 31.1 Å². The van der Waals surface area contributed by atoms with Crippen LogP contribution in [0.25, 0.3) is 0 Å². The van der Waals surface area contributed by atoms with Gasteiger partial charge < -0.3 is 14.6 Å². The van der Waals surface area contributed by atoms with Gasteiger partial charge in [-0.05, 0) is 19.4 Å². The average molecular weight is 396 g/mol. The van der Waals surface area contributed by atoms with Crippen LogP contribution in [0.15, 0.2) is 30.3 Å². The highest BCUT2D eigenvalue weighted by atomic mass is 16.3. The van der Waals surface area contributed by atoms with Crippen molar-refractivity contribution in [3.63, 3.8) is 0 Å². The fraction of sp³-hybridized carbons (Fsp3) is 0.350. The third kappa shape index (κ3) is 4.18. The highest BCUT2D eigenvalue weighted by Gasteiger charge is 2.34. The van der Waals surface area contributed by atoms with E-state index in [4.69, 9.17) is 9.90 Å². The van der Waals surface area contributed by atoms with E-state index in [1.54, 1.807) is 4.90 Å². The third-order valence-electron chi connectivity index (χ3n) is 5.08. The van der Waals surface area contributed by atoms with Crippen LogP contribution in [0.3, 0.4) is 0 Å². The smallest absolute Gasteiger partial charge is 0.290 e. The molecule has 9 nitrogen and oxygen atoms in total. The summed E-state index contributed by atoms with van der Waals surface area (Å²) < 4.78 is 2.03. The molecule has 1 aliphatic heterocycles. The molecule has 1 aliphatic rings. The van der Waals surface area contributed by atoms with Crippen molar-refractivity contribution >= 4 is 12.4 Å². The van der Waals surface area contributed by atoms with E-state index in [0.29, 0.717) is 19.4 Å². The van der Waals surface area contributed by atoms with E-state index in [0.717, 1.165) is 34.2 Å². The fourth-order valence-electron chi connectivity index (χ4n) is 3.61.